The van der Waals surface area contributed by atoms with E-state index in [4.69, 9.17) is 16.9 Å². The van der Waals surface area contributed by atoms with Gasteiger partial charge in [-0.25, -0.2) is 4.39 Å². The first-order chi connectivity index (χ1) is 12.5. The average Bonchev–Trinajstić information content (AvgIpc) is 3.15. The molecule has 0 unspecified atom stereocenters. The Morgan fingerprint density at radius 3 is 2.42 bits per heavy atom. The van der Waals surface area contributed by atoms with Gasteiger partial charge in [-0.1, -0.05) is 35.1 Å². The summed E-state index contributed by atoms with van der Waals surface area (Å²) in [7, 11) is 0. The smallest absolute Gasteiger partial charge is 0.286 e. The van der Waals surface area contributed by atoms with Crippen LogP contribution in [0.1, 0.15) is 25.9 Å². The Kier molecular flexibility index (Phi) is 5.37. The first-order valence-electron chi connectivity index (χ1n) is 7.33. The monoisotopic (exact) mass is 384 g/mol. The summed E-state index contributed by atoms with van der Waals surface area (Å²) in [5.74, 6) is -0.843. The number of amides is 1. The van der Waals surface area contributed by atoms with Crippen LogP contribution in [0.5, 0.6) is 0 Å². The predicted molar refractivity (Wildman–Crippen MR) is 99.1 cm³/mol. The second-order valence-corrected chi connectivity index (χ2v) is 6.48. The van der Waals surface area contributed by atoms with Crippen LogP contribution in [-0.2, 0) is 0 Å². The molecule has 0 atom stereocenters. The van der Waals surface area contributed by atoms with Crippen LogP contribution in [0, 0.1) is 17.1 Å². The molecule has 3 aromatic rings. The van der Waals surface area contributed by atoms with Crippen molar-refractivity contribution in [2.24, 2.45) is 0 Å². The number of nitrogens with zero attached hydrogens (tertiary/aromatic N) is 3. The maximum Gasteiger partial charge on any atom is 0.286 e. The molecule has 0 aliphatic heterocycles. The largest absolute Gasteiger partial charge is 0.320 e. The lowest BCUT2D eigenvalue weighted by molar-refractivity contribution is 0.102. The van der Waals surface area contributed by atoms with Gasteiger partial charge in [0.05, 0.1) is 16.7 Å². The zero-order valence-electron chi connectivity index (χ0n) is 13.1. The lowest BCUT2D eigenvalue weighted by Crippen LogP contribution is -2.11. The molecule has 2 aromatic carbocycles. The van der Waals surface area contributed by atoms with E-state index in [1.54, 1.807) is 30.3 Å². The Hall–Kier alpha value is -3.08. The third-order valence-corrected chi connectivity index (χ3v) is 4.61. The van der Waals surface area contributed by atoms with Crippen molar-refractivity contribution in [3.8, 4) is 6.07 Å². The maximum atomic E-state index is 12.9. The molecule has 0 aliphatic rings. The molecule has 5 nitrogen and oxygen atoms in total. The van der Waals surface area contributed by atoms with Crippen LogP contribution in [0.2, 0.25) is 0 Å². The Labute approximate surface area is 157 Å². The summed E-state index contributed by atoms with van der Waals surface area (Å²) >= 11 is 7.28. The summed E-state index contributed by atoms with van der Waals surface area (Å²) in [5, 5.41) is 20.0. The van der Waals surface area contributed by atoms with Gasteiger partial charge in [-0.15, -0.1) is 10.2 Å². The lowest BCUT2D eigenvalue weighted by atomic mass is 10.1. The van der Waals surface area contributed by atoms with Crippen molar-refractivity contribution in [2.75, 3.05) is 5.32 Å². The zero-order valence-corrected chi connectivity index (χ0v) is 14.7. The molecule has 26 heavy (non-hydrogen) atoms. The fraction of sp³-hybridized carbons (Fsp3) is 0. The third kappa shape index (κ3) is 4.30. The number of carbonyl (C=O) groups excluding carboxylic acids is 1. The van der Waals surface area contributed by atoms with E-state index in [-0.39, 0.29) is 10.8 Å². The van der Waals surface area contributed by atoms with Crippen LogP contribution in [0.3, 0.4) is 0 Å². The number of halogens is 2. The van der Waals surface area contributed by atoms with Gasteiger partial charge in [0.25, 0.3) is 5.91 Å². The highest BCUT2D eigenvalue weighted by molar-refractivity contribution is 7.15. The summed E-state index contributed by atoms with van der Waals surface area (Å²) in [5.41, 5.74) is 1.79. The standard InChI is InChI=1S/C18H10ClFN4OS/c19-15(9-11-1-3-12(10-21)4-2-11)17-23-24-18(26-17)16(25)22-14-7-5-13(20)6-8-14/h1-9H,(H,22,25)/b15-9-. The van der Waals surface area contributed by atoms with Gasteiger partial charge in [-0.2, -0.15) is 5.26 Å². The number of carbonyl (C=O) groups is 1. The van der Waals surface area contributed by atoms with E-state index < -0.39 is 5.91 Å². The van der Waals surface area contributed by atoms with E-state index in [1.165, 1.54) is 24.3 Å². The molecular weight excluding hydrogens is 375 g/mol. The molecule has 3 rings (SSSR count). The van der Waals surface area contributed by atoms with Crippen LogP contribution >= 0.6 is 22.9 Å². The van der Waals surface area contributed by atoms with Crippen molar-refractivity contribution in [3.63, 3.8) is 0 Å². The highest BCUT2D eigenvalue weighted by atomic mass is 35.5. The minimum Gasteiger partial charge on any atom is -0.320 e. The first kappa shape index (κ1) is 17.7. The Bertz CT molecular complexity index is 1010. The normalized spacial score (nSPS) is 11.0. The van der Waals surface area contributed by atoms with Gasteiger partial charge in [0.15, 0.2) is 5.01 Å². The molecule has 0 saturated heterocycles. The van der Waals surface area contributed by atoms with Gasteiger partial charge in [0, 0.05) is 5.69 Å². The van der Waals surface area contributed by atoms with Crippen LogP contribution in [-0.4, -0.2) is 16.1 Å². The topological polar surface area (TPSA) is 78.7 Å². The summed E-state index contributed by atoms with van der Waals surface area (Å²) in [6.45, 7) is 0. The van der Waals surface area contributed by atoms with Gasteiger partial charge < -0.3 is 5.32 Å². The second kappa shape index (κ2) is 7.87. The van der Waals surface area contributed by atoms with Crippen molar-refractivity contribution >= 4 is 45.6 Å². The van der Waals surface area contributed by atoms with Crippen LogP contribution < -0.4 is 5.32 Å². The zero-order chi connectivity index (χ0) is 18.5. The lowest BCUT2D eigenvalue weighted by Gasteiger charge is -2.01. The summed E-state index contributed by atoms with van der Waals surface area (Å²) < 4.78 is 12.9. The molecular formula is C18H10ClFN4OS. The number of benzene rings is 2. The van der Waals surface area contributed by atoms with Gasteiger partial charge in [0.1, 0.15) is 5.82 Å². The van der Waals surface area contributed by atoms with Crippen molar-refractivity contribution in [1.29, 1.82) is 5.26 Å². The SMILES string of the molecule is N#Cc1ccc(/C=C(\Cl)c2nnc(C(=O)Nc3ccc(F)cc3)s2)cc1. The molecule has 0 bridgehead atoms. The molecule has 0 saturated carbocycles. The number of aromatic nitrogens is 2. The first-order valence-corrected chi connectivity index (χ1v) is 8.53. The second-order valence-electron chi connectivity index (χ2n) is 5.10. The van der Waals surface area contributed by atoms with Crippen LogP contribution in [0.15, 0.2) is 48.5 Å². The fourth-order valence-electron chi connectivity index (χ4n) is 1.99. The minimum absolute atomic E-state index is 0.135. The Morgan fingerprint density at radius 1 is 1.12 bits per heavy atom. The van der Waals surface area contributed by atoms with Crippen molar-refractivity contribution in [3.05, 3.63) is 75.5 Å². The van der Waals surface area contributed by atoms with Crippen molar-refractivity contribution < 1.29 is 9.18 Å². The summed E-state index contributed by atoms with van der Waals surface area (Å²) in [6.07, 6.45) is 1.67. The van der Waals surface area contributed by atoms with E-state index in [0.29, 0.717) is 21.3 Å². The number of rotatable bonds is 4. The predicted octanol–water partition coefficient (Wildman–Crippen LogP) is 4.54. The summed E-state index contributed by atoms with van der Waals surface area (Å²) in [6, 6.07) is 14.3. The fourth-order valence-corrected chi connectivity index (χ4v) is 2.92. The van der Waals surface area contributed by atoms with E-state index in [2.05, 4.69) is 15.5 Å². The summed E-state index contributed by atoms with van der Waals surface area (Å²) in [4.78, 5) is 12.2. The molecule has 1 heterocycles. The molecule has 0 fully saturated rings. The highest BCUT2D eigenvalue weighted by Crippen LogP contribution is 2.26. The molecule has 0 aliphatic carbocycles. The Balaban J connectivity index is 1.73. The molecule has 1 amide bonds. The van der Waals surface area contributed by atoms with Crippen molar-refractivity contribution in [2.45, 2.75) is 0 Å². The van der Waals surface area contributed by atoms with E-state index in [1.807, 2.05) is 6.07 Å². The van der Waals surface area contributed by atoms with Gasteiger partial charge in [-0.3, -0.25) is 4.79 Å². The molecule has 8 heteroatoms. The van der Waals surface area contributed by atoms with Gasteiger partial charge >= 0.3 is 0 Å². The quantitative estimate of drug-likeness (QED) is 0.716. The number of nitrogens with one attached hydrogen (secondary N) is 1. The van der Waals surface area contributed by atoms with Crippen molar-refractivity contribution in [1.82, 2.24) is 10.2 Å². The average molecular weight is 385 g/mol. The Morgan fingerprint density at radius 2 is 1.77 bits per heavy atom. The number of anilines is 1. The van der Waals surface area contributed by atoms with E-state index >= 15 is 0 Å². The maximum absolute atomic E-state index is 12.9. The molecule has 0 radical (unpaired) electrons. The van der Waals surface area contributed by atoms with Crippen LogP contribution in [0.4, 0.5) is 10.1 Å². The number of nitriles is 1. The minimum atomic E-state index is -0.455. The van der Waals surface area contributed by atoms with Crippen LogP contribution in [0.25, 0.3) is 11.1 Å². The molecule has 1 N–H and O–H groups in total. The third-order valence-electron chi connectivity index (χ3n) is 3.26. The van der Waals surface area contributed by atoms with Gasteiger partial charge in [-0.05, 0) is 48.0 Å². The van der Waals surface area contributed by atoms with E-state index in [0.717, 1.165) is 16.9 Å². The highest BCUT2D eigenvalue weighted by Gasteiger charge is 2.15. The van der Waals surface area contributed by atoms with Gasteiger partial charge in [0.2, 0.25) is 5.01 Å². The van der Waals surface area contributed by atoms with E-state index in [9.17, 15) is 9.18 Å². The molecule has 1 aromatic heterocycles. The number of hydrogen-bond acceptors (Lipinski definition) is 5. The molecule has 128 valence electrons. The number of hydrogen-bond donors (Lipinski definition) is 1. The molecule has 0 spiro atoms.